The third kappa shape index (κ3) is 4.49. The maximum absolute atomic E-state index is 13.2. The van der Waals surface area contributed by atoms with Crippen LogP contribution in [-0.4, -0.2) is 22.6 Å². The highest BCUT2D eigenvalue weighted by molar-refractivity contribution is 6.31. The highest BCUT2D eigenvalue weighted by atomic mass is 35.5. The third-order valence-corrected chi connectivity index (χ3v) is 5.10. The summed E-state index contributed by atoms with van der Waals surface area (Å²) in [6.07, 6.45) is 1.69. The Labute approximate surface area is 183 Å². The summed E-state index contributed by atoms with van der Waals surface area (Å²) in [6.45, 7) is 0. The lowest BCUT2D eigenvalue weighted by molar-refractivity contribution is -0.121. The molecule has 4 N–H and O–H groups in total. The van der Waals surface area contributed by atoms with E-state index < -0.39 is 17.9 Å². The van der Waals surface area contributed by atoms with Crippen molar-refractivity contribution in [1.82, 2.24) is 15.6 Å². The number of aromatic nitrogens is 1. The molecule has 0 aliphatic heterocycles. The molecule has 0 aliphatic rings. The van der Waals surface area contributed by atoms with Crippen LogP contribution in [0.3, 0.4) is 0 Å². The van der Waals surface area contributed by atoms with Crippen LogP contribution in [0, 0.1) is 5.41 Å². The molecule has 1 heterocycles. The molecule has 0 radical (unpaired) electrons. The zero-order chi connectivity index (χ0) is 21.8. The van der Waals surface area contributed by atoms with Crippen LogP contribution in [0.4, 0.5) is 0 Å². The van der Waals surface area contributed by atoms with E-state index >= 15 is 0 Å². The molecule has 31 heavy (non-hydrogen) atoms. The van der Waals surface area contributed by atoms with Crippen molar-refractivity contribution in [3.63, 3.8) is 0 Å². The van der Waals surface area contributed by atoms with E-state index in [4.69, 9.17) is 17.0 Å². The molecule has 0 fully saturated rings. The van der Waals surface area contributed by atoms with Gasteiger partial charge in [-0.2, -0.15) is 0 Å². The quantitative estimate of drug-likeness (QED) is 0.278. The first-order chi connectivity index (χ1) is 15.0. The first-order valence-corrected chi connectivity index (χ1v) is 9.98. The van der Waals surface area contributed by atoms with Crippen molar-refractivity contribution in [2.24, 2.45) is 0 Å². The van der Waals surface area contributed by atoms with Crippen LogP contribution in [-0.2, 0) is 4.79 Å². The SMILES string of the molecule is N=C(NC(=O)C(NC(=O)c1cccc(Cl)c1)c1c[nH]c2ccccc12)c1ccccc1. The van der Waals surface area contributed by atoms with Crippen molar-refractivity contribution >= 4 is 40.2 Å². The molecule has 1 atom stereocenters. The summed E-state index contributed by atoms with van der Waals surface area (Å²) in [6, 6.07) is 21.8. The average Bonchev–Trinajstić information content (AvgIpc) is 3.21. The minimum atomic E-state index is -1.02. The monoisotopic (exact) mass is 430 g/mol. The molecule has 0 bridgehead atoms. The summed E-state index contributed by atoms with van der Waals surface area (Å²) in [5.41, 5.74) is 2.34. The van der Waals surface area contributed by atoms with Gasteiger partial charge in [0, 0.05) is 38.8 Å². The van der Waals surface area contributed by atoms with Gasteiger partial charge in [-0.25, -0.2) is 0 Å². The fraction of sp³-hybridized carbons (Fsp3) is 0.0417. The number of carbonyl (C=O) groups excluding carboxylic acids is 2. The Morgan fingerprint density at radius 3 is 2.39 bits per heavy atom. The van der Waals surface area contributed by atoms with E-state index in [1.54, 1.807) is 48.7 Å². The number of benzene rings is 3. The number of amidine groups is 1. The van der Waals surface area contributed by atoms with Crippen molar-refractivity contribution in [3.8, 4) is 0 Å². The summed E-state index contributed by atoms with van der Waals surface area (Å²) in [5, 5.41) is 14.9. The topological polar surface area (TPSA) is 97.8 Å². The van der Waals surface area contributed by atoms with Crippen molar-refractivity contribution in [2.45, 2.75) is 6.04 Å². The van der Waals surface area contributed by atoms with E-state index in [9.17, 15) is 9.59 Å². The first kappa shape index (κ1) is 20.4. The molecule has 0 saturated carbocycles. The number of H-pyrrole nitrogens is 1. The number of carbonyl (C=O) groups is 2. The Hall–Kier alpha value is -3.90. The fourth-order valence-electron chi connectivity index (χ4n) is 3.33. The van der Waals surface area contributed by atoms with Crippen LogP contribution in [0.1, 0.15) is 27.5 Å². The number of rotatable bonds is 5. The summed E-state index contributed by atoms with van der Waals surface area (Å²) in [5.74, 6) is -1.01. The van der Waals surface area contributed by atoms with E-state index in [-0.39, 0.29) is 5.84 Å². The maximum atomic E-state index is 13.2. The van der Waals surface area contributed by atoms with Gasteiger partial charge in [-0.15, -0.1) is 0 Å². The summed E-state index contributed by atoms with van der Waals surface area (Å²) < 4.78 is 0. The van der Waals surface area contributed by atoms with Gasteiger partial charge in [0.05, 0.1) is 0 Å². The molecule has 4 aromatic rings. The van der Waals surface area contributed by atoms with Crippen LogP contribution in [0.2, 0.25) is 5.02 Å². The molecule has 154 valence electrons. The van der Waals surface area contributed by atoms with Crippen LogP contribution in [0.25, 0.3) is 10.9 Å². The molecule has 0 spiro atoms. The van der Waals surface area contributed by atoms with Crippen LogP contribution in [0.5, 0.6) is 0 Å². The molecule has 4 rings (SSSR count). The molecule has 7 heteroatoms. The van der Waals surface area contributed by atoms with E-state index in [1.807, 2.05) is 30.3 Å². The first-order valence-electron chi connectivity index (χ1n) is 9.60. The van der Waals surface area contributed by atoms with Gasteiger partial charge in [0.1, 0.15) is 11.9 Å². The molecule has 1 aromatic heterocycles. The lowest BCUT2D eigenvalue weighted by Gasteiger charge is -2.19. The lowest BCUT2D eigenvalue weighted by Crippen LogP contribution is -2.42. The van der Waals surface area contributed by atoms with Crippen molar-refractivity contribution in [3.05, 3.63) is 107 Å². The number of hydrogen-bond acceptors (Lipinski definition) is 3. The predicted molar refractivity (Wildman–Crippen MR) is 121 cm³/mol. The number of para-hydroxylation sites is 1. The van der Waals surface area contributed by atoms with Gasteiger partial charge in [-0.1, -0.05) is 66.2 Å². The standard InChI is InChI=1S/C24H19ClN4O2/c25-17-10-6-9-16(13-17)23(30)28-21(19-14-27-20-12-5-4-11-18(19)20)24(31)29-22(26)15-7-2-1-3-8-15/h1-14,21,27H,(H,28,30)(H2,26,29,31). The van der Waals surface area contributed by atoms with Gasteiger partial charge in [0.25, 0.3) is 11.8 Å². The molecular formula is C24H19ClN4O2. The Morgan fingerprint density at radius 1 is 0.903 bits per heavy atom. The van der Waals surface area contributed by atoms with Gasteiger partial charge >= 0.3 is 0 Å². The van der Waals surface area contributed by atoms with E-state index in [0.29, 0.717) is 21.7 Å². The Bertz CT molecular complexity index is 1270. The molecule has 0 aliphatic carbocycles. The number of fused-ring (bicyclic) bond motifs is 1. The number of amides is 2. The van der Waals surface area contributed by atoms with Gasteiger partial charge in [0.15, 0.2) is 0 Å². The van der Waals surface area contributed by atoms with Gasteiger partial charge in [-0.3, -0.25) is 15.0 Å². The summed E-state index contributed by atoms with van der Waals surface area (Å²) >= 11 is 6.01. The summed E-state index contributed by atoms with van der Waals surface area (Å²) in [7, 11) is 0. The highest BCUT2D eigenvalue weighted by Crippen LogP contribution is 2.25. The second kappa shape index (κ2) is 8.85. The normalized spacial score (nSPS) is 11.6. The van der Waals surface area contributed by atoms with Gasteiger partial charge in [-0.05, 0) is 24.3 Å². The predicted octanol–water partition coefficient (Wildman–Crippen LogP) is 4.43. The largest absolute Gasteiger partial charge is 0.361 e. The fourth-order valence-corrected chi connectivity index (χ4v) is 3.52. The second-order valence-electron chi connectivity index (χ2n) is 6.94. The molecule has 3 aromatic carbocycles. The van der Waals surface area contributed by atoms with E-state index in [2.05, 4.69) is 15.6 Å². The Morgan fingerprint density at radius 2 is 1.61 bits per heavy atom. The van der Waals surface area contributed by atoms with Crippen LogP contribution < -0.4 is 10.6 Å². The smallest absolute Gasteiger partial charge is 0.252 e. The zero-order valence-electron chi connectivity index (χ0n) is 16.4. The number of nitrogens with one attached hydrogen (secondary N) is 4. The lowest BCUT2D eigenvalue weighted by atomic mass is 10.0. The molecular weight excluding hydrogens is 412 g/mol. The maximum Gasteiger partial charge on any atom is 0.252 e. The third-order valence-electron chi connectivity index (χ3n) is 4.87. The average molecular weight is 431 g/mol. The van der Waals surface area contributed by atoms with Crippen molar-refractivity contribution < 1.29 is 9.59 Å². The number of halogens is 1. The highest BCUT2D eigenvalue weighted by Gasteiger charge is 2.27. The minimum absolute atomic E-state index is 0.0487. The van der Waals surface area contributed by atoms with Gasteiger partial charge < -0.3 is 15.6 Å². The molecule has 2 amide bonds. The van der Waals surface area contributed by atoms with E-state index in [0.717, 1.165) is 10.9 Å². The number of hydrogen-bond donors (Lipinski definition) is 4. The van der Waals surface area contributed by atoms with Crippen molar-refractivity contribution in [1.29, 1.82) is 5.41 Å². The molecule has 6 nitrogen and oxygen atoms in total. The zero-order valence-corrected chi connectivity index (χ0v) is 17.1. The van der Waals surface area contributed by atoms with Gasteiger partial charge in [0.2, 0.25) is 0 Å². The molecule has 1 unspecified atom stereocenters. The van der Waals surface area contributed by atoms with Crippen molar-refractivity contribution in [2.75, 3.05) is 0 Å². The second-order valence-corrected chi connectivity index (χ2v) is 7.37. The van der Waals surface area contributed by atoms with Crippen LogP contribution in [0.15, 0.2) is 85.1 Å². The number of aromatic amines is 1. The van der Waals surface area contributed by atoms with Crippen LogP contribution >= 0.6 is 11.6 Å². The Balaban J connectivity index is 1.66. The summed E-state index contributed by atoms with van der Waals surface area (Å²) in [4.78, 5) is 29.2. The minimum Gasteiger partial charge on any atom is -0.361 e. The molecule has 0 saturated heterocycles. The Kier molecular flexibility index (Phi) is 5.82. The van der Waals surface area contributed by atoms with E-state index in [1.165, 1.54) is 6.07 Å².